The predicted octanol–water partition coefficient (Wildman–Crippen LogP) is 3.29. The molecular weight excluding hydrogens is 150 g/mol. The van der Waals surface area contributed by atoms with Gasteiger partial charge in [0, 0.05) is 0 Å². The molecule has 1 atom stereocenters. The summed E-state index contributed by atoms with van der Waals surface area (Å²) in [5.74, 6) is 0. The Balaban J connectivity index is 2.73. The molecule has 0 saturated heterocycles. The lowest BCUT2D eigenvalue weighted by Crippen LogP contribution is -1.92. The van der Waals surface area contributed by atoms with Crippen LogP contribution >= 0.6 is 0 Å². The van der Waals surface area contributed by atoms with Gasteiger partial charge in [0.15, 0.2) is 0 Å². The van der Waals surface area contributed by atoms with Gasteiger partial charge in [0.2, 0.25) is 0 Å². The SMILES string of the molecule is CCCC(N=O)c1ccccc1. The molecule has 0 fully saturated rings. The van der Waals surface area contributed by atoms with E-state index in [-0.39, 0.29) is 6.04 Å². The van der Waals surface area contributed by atoms with Gasteiger partial charge in [0.25, 0.3) is 0 Å². The molecular formula is C10H13NO. The molecule has 0 heterocycles. The highest BCUT2D eigenvalue weighted by molar-refractivity contribution is 5.18. The van der Waals surface area contributed by atoms with Crippen molar-refractivity contribution in [3.63, 3.8) is 0 Å². The van der Waals surface area contributed by atoms with E-state index in [1.54, 1.807) is 0 Å². The Labute approximate surface area is 72.6 Å². The second-order valence-electron chi connectivity index (χ2n) is 2.82. The molecule has 1 unspecified atom stereocenters. The molecule has 0 spiro atoms. The molecule has 12 heavy (non-hydrogen) atoms. The first-order valence-corrected chi connectivity index (χ1v) is 4.26. The molecule has 0 bridgehead atoms. The third-order valence-corrected chi connectivity index (χ3v) is 1.87. The third-order valence-electron chi connectivity index (χ3n) is 1.87. The Morgan fingerprint density at radius 3 is 2.50 bits per heavy atom. The fraction of sp³-hybridized carbons (Fsp3) is 0.400. The maximum Gasteiger partial charge on any atom is 0.117 e. The van der Waals surface area contributed by atoms with Gasteiger partial charge in [0.1, 0.15) is 6.04 Å². The van der Waals surface area contributed by atoms with E-state index < -0.39 is 0 Å². The van der Waals surface area contributed by atoms with E-state index in [1.807, 2.05) is 30.3 Å². The minimum Gasteiger partial charge on any atom is -0.150 e. The molecule has 0 aliphatic heterocycles. The molecule has 64 valence electrons. The summed E-state index contributed by atoms with van der Waals surface area (Å²) in [6, 6.07) is 9.55. The standard InChI is InChI=1S/C10H13NO/c1-2-6-10(11-12)9-7-4-3-5-8-9/h3-5,7-8,10H,2,6H2,1H3. The smallest absolute Gasteiger partial charge is 0.117 e. The van der Waals surface area contributed by atoms with Crippen molar-refractivity contribution in [2.75, 3.05) is 0 Å². The molecule has 0 radical (unpaired) electrons. The molecule has 0 amide bonds. The van der Waals surface area contributed by atoms with Crippen molar-refractivity contribution >= 4 is 0 Å². The van der Waals surface area contributed by atoms with Crippen molar-refractivity contribution < 1.29 is 0 Å². The zero-order chi connectivity index (χ0) is 8.81. The van der Waals surface area contributed by atoms with Gasteiger partial charge in [0.05, 0.1) is 0 Å². The van der Waals surface area contributed by atoms with E-state index in [1.165, 1.54) is 0 Å². The van der Waals surface area contributed by atoms with Gasteiger partial charge >= 0.3 is 0 Å². The summed E-state index contributed by atoms with van der Waals surface area (Å²) in [4.78, 5) is 10.4. The third kappa shape index (κ3) is 2.16. The molecule has 0 N–H and O–H groups in total. The summed E-state index contributed by atoms with van der Waals surface area (Å²) < 4.78 is 0. The Hall–Kier alpha value is -1.18. The average molecular weight is 163 g/mol. The van der Waals surface area contributed by atoms with Gasteiger partial charge < -0.3 is 0 Å². The van der Waals surface area contributed by atoms with Gasteiger partial charge in [-0.3, -0.25) is 0 Å². The molecule has 0 aliphatic rings. The van der Waals surface area contributed by atoms with Crippen LogP contribution in [0, 0.1) is 4.91 Å². The van der Waals surface area contributed by atoms with E-state index >= 15 is 0 Å². The summed E-state index contributed by atoms with van der Waals surface area (Å²) in [5, 5.41) is 3.10. The van der Waals surface area contributed by atoms with Crippen LogP contribution in [0.5, 0.6) is 0 Å². The Morgan fingerprint density at radius 2 is 2.00 bits per heavy atom. The number of hydrogen-bond acceptors (Lipinski definition) is 2. The molecule has 0 saturated carbocycles. The van der Waals surface area contributed by atoms with Crippen LogP contribution in [-0.2, 0) is 0 Å². The molecule has 1 aromatic carbocycles. The second kappa shape index (κ2) is 4.65. The molecule has 1 rings (SSSR count). The number of nitrogens with zero attached hydrogens (tertiary/aromatic N) is 1. The Bertz CT molecular complexity index is 233. The minimum atomic E-state index is -0.156. The summed E-state index contributed by atoms with van der Waals surface area (Å²) in [6.45, 7) is 2.06. The maximum atomic E-state index is 10.4. The van der Waals surface area contributed by atoms with Crippen molar-refractivity contribution in [1.29, 1.82) is 0 Å². The van der Waals surface area contributed by atoms with Crippen LogP contribution in [-0.4, -0.2) is 0 Å². The van der Waals surface area contributed by atoms with Crippen molar-refractivity contribution in [3.8, 4) is 0 Å². The van der Waals surface area contributed by atoms with Crippen LogP contribution < -0.4 is 0 Å². The number of rotatable bonds is 4. The van der Waals surface area contributed by atoms with Crippen LogP contribution in [0.2, 0.25) is 0 Å². The summed E-state index contributed by atoms with van der Waals surface area (Å²) in [7, 11) is 0. The predicted molar refractivity (Wildman–Crippen MR) is 49.9 cm³/mol. The molecule has 2 heteroatoms. The lowest BCUT2D eigenvalue weighted by Gasteiger charge is -2.06. The summed E-state index contributed by atoms with van der Waals surface area (Å²) >= 11 is 0. The molecule has 2 nitrogen and oxygen atoms in total. The quantitative estimate of drug-likeness (QED) is 0.626. The minimum absolute atomic E-state index is 0.156. The van der Waals surface area contributed by atoms with Crippen molar-refractivity contribution in [2.24, 2.45) is 5.18 Å². The number of hydrogen-bond donors (Lipinski definition) is 0. The zero-order valence-corrected chi connectivity index (χ0v) is 7.23. The van der Waals surface area contributed by atoms with Crippen molar-refractivity contribution in [2.45, 2.75) is 25.8 Å². The van der Waals surface area contributed by atoms with E-state index in [0.717, 1.165) is 18.4 Å². The zero-order valence-electron chi connectivity index (χ0n) is 7.23. The van der Waals surface area contributed by atoms with Gasteiger partial charge in [-0.05, 0) is 12.0 Å². The topological polar surface area (TPSA) is 29.4 Å². The fourth-order valence-electron chi connectivity index (χ4n) is 1.23. The van der Waals surface area contributed by atoms with Gasteiger partial charge in [-0.15, -0.1) is 0 Å². The highest BCUT2D eigenvalue weighted by Gasteiger charge is 2.08. The highest BCUT2D eigenvalue weighted by Crippen LogP contribution is 2.21. The summed E-state index contributed by atoms with van der Waals surface area (Å²) in [6.07, 6.45) is 1.83. The Morgan fingerprint density at radius 1 is 1.33 bits per heavy atom. The second-order valence-corrected chi connectivity index (χ2v) is 2.82. The summed E-state index contributed by atoms with van der Waals surface area (Å²) in [5.41, 5.74) is 1.02. The monoisotopic (exact) mass is 163 g/mol. The number of benzene rings is 1. The van der Waals surface area contributed by atoms with Crippen LogP contribution in [0.15, 0.2) is 35.5 Å². The van der Waals surface area contributed by atoms with E-state index in [0.29, 0.717) is 0 Å². The first-order chi connectivity index (χ1) is 5.88. The maximum absolute atomic E-state index is 10.4. The van der Waals surface area contributed by atoms with Gasteiger partial charge in [-0.2, -0.15) is 4.91 Å². The first kappa shape index (κ1) is 8.91. The van der Waals surface area contributed by atoms with E-state index in [9.17, 15) is 4.91 Å². The van der Waals surface area contributed by atoms with E-state index in [2.05, 4.69) is 12.1 Å². The van der Waals surface area contributed by atoms with Crippen molar-refractivity contribution in [3.05, 3.63) is 40.8 Å². The lowest BCUT2D eigenvalue weighted by molar-refractivity contribution is 0.636. The fourth-order valence-corrected chi connectivity index (χ4v) is 1.23. The van der Waals surface area contributed by atoms with Crippen LogP contribution in [0.4, 0.5) is 0 Å². The van der Waals surface area contributed by atoms with Crippen molar-refractivity contribution in [1.82, 2.24) is 0 Å². The molecule has 0 aromatic heterocycles. The largest absolute Gasteiger partial charge is 0.150 e. The average Bonchev–Trinajstić information content (AvgIpc) is 2.15. The lowest BCUT2D eigenvalue weighted by atomic mass is 10.0. The Kier molecular flexibility index (Phi) is 3.45. The van der Waals surface area contributed by atoms with E-state index in [4.69, 9.17) is 0 Å². The first-order valence-electron chi connectivity index (χ1n) is 4.26. The molecule has 0 aliphatic carbocycles. The molecule has 1 aromatic rings. The van der Waals surface area contributed by atoms with Crippen LogP contribution in [0.3, 0.4) is 0 Å². The van der Waals surface area contributed by atoms with Gasteiger partial charge in [-0.25, -0.2) is 0 Å². The van der Waals surface area contributed by atoms with Crippen LogP contribution in [0.1, 0.15) is 31.4 Å². The normalized spacial score (nSPS) is 12.4. The number of nitroso groups, excluding NO2 is 1. The van der Waals surface area contributed by atoms with Gasteiger partial charge in [-0.1, -0.05) is 48.9 Å². The van der Waals surface area contributed by atoms with Crippen LogP contribution in [0.25, 0.3) is 0 Å². The highest BCUT2D eigenvalue weighted by atomic mass is 16.3.